The summed E-state index contributed by atoms with van der Waals surface area (Å²) >= 11 is 5.98. The Morgan fingerprint density at radius 2 is 1.82 bits per heavy atom. The predicted molar refractivity (Wildman–Crippen MR) is 91.2 cm³/mol. The van der Waals surface area contributed by atoms with Gasteiger partial charge in [-0.05, 0) is 63.2 Å². The Balaban J connectivity index is 1.77. The van der Waals surface area contributed by atoms with E-state index in [4.69, 9.17) is 16.3 Å². The van der Waals surface area contributed by atoms with Crippen LogP contribution in [0, 0.1) is 0 Å². The Hall–Kier alpha value is -2.20. The molecule has 0 unspecified atom stereocenters. The molecule has 0 saturated carbocycles. The smallest absolute Gasteiger partial charge is 0.205 e. The van der Waals surface area contributed by atoms with E-state index in [0.29, 0.717) is 11.0 Å². The second kappa shape index (κ2) is 5.54. The number of fused-ring (bicyclic) bond motifs is 1. The summed E-state index contributed by atoms with van der Waals surface area (Å²) in [4.78, 5) is 7.67. The van der Waals surface area contributed by atoms with Crippen LogP contribution >= 0.6 is 11.6 Å². The van der Waals surface area contributed by atoms with Crippen LogP contribution in [-0.4, -0.2) is 15.6 Å². The second-order valence-electron chi connectivity index (χ2n) is 6.11. The predicted octanol–water partition coefficient (Wildman–Crippen LogP) is 5.14. The summed E-state index contributed by atoms with van der Waals surface area (Å²) in [7, 11) is 0. The van der Waals surface area contributed by atoms with E-state index in [2.05, 4.69) is 15.3 Å². The van der Waals surface area contributed by atoms with Crippen LogP contribution in [0.1, 0.15) is 20.8 Å². The van der Waals surface area contributed by atoms with E-state index in [9.17, 15) is 0 Å². The van der Waals surface area contributed by atoms with E-state index in [-0.39, 0.29) is 5.60 Å². The number of aromatic nitrogens is 2. The summed E-state index contributed by atoms with van der Waals surface area (Å²) < 4.78 is 5.80. The van der Waals surface area contributed by atoms with Crippen molar-refractivity contribution in [1.29, 1.82) is 0 Å². The minimum absolute atomic E-state index is 0.201. The van der Waals surface area contributed by atoms with Gasteiger partial charge in [-0.25, -0.2) is 4.98 Å². The summed E-state index contributed by atoms with van der Waals surface area (Å²) in [5, 5.41) is 3.92. The lowest BCUT2D eigenvalue weighted by Crippen LogP contribution is -2.22. The maximum atomic E-state index is 5.98. The van der Waals surface area contributed by atoms with Crippen LogP contribution in [0.5, 0.6) is 5.75 Å². The third-order valence-electron chi connectivity index (χ3n) is 2.99. The quantitative estimate of drug-likeness (QED) is 0.703. The molecular weight excluding hydrogens is 298 g/mol. The molecule has 5 heteroatoms. The number of nitrogens with zero attached hydrogens (tertiary/aromatic N) is 1. The molecule has 0 aliphatic carbocycles. The fraction of sp³-hybridized carbons (Fsp3) is 0.235. The zero-order valence-corrected chi connectivity index (χ0v) is 13.5. The molecule has 0 saturated heterocycles. The van der Waals surface area contributed by atoms with E-state index in [1.807, 2.05) is 63.2 Å². The van der Waals surface area contributed by atoms with Crippen molar-refractivity contribution < 1.29 is 4.74 Å². The standard InChI is InChI=1S/C17H18ClN3O/c1-17(2,3)22-13-7-5-12(6-8-13)19-16-20-14-9-4-11(18)10-15(14)21-16/h4-10H,1-3H3,(H2,19,20,21). The molecule has 114 valence electrons. The summed E-state index contributed by atoms with van der Waals surface area (Å²) in [6.07, 6.45) is 0. The first-order chi connectivity index (χ1) is 10.4. The molecule has 1 heterocycles. The molecule has 0 atom stereocenters. The molecule has 0 radical (unpaired) electrons. The number of imidazole rings is 1. The Morgan fingerprint density at radius 3 is 2.50 bits per heavy atom. The maximum Gasteiger partial charge on any atom is 0.205 e. The number of hydrogen-bond acceptors (Lipinski definition) is 3. The van der Waals surface area contributed by atoms with Crippen LogP contribution in [0.3, 0.4) is 0 Å². The molecule has 2 N–H and O–H groups in total. The Kier molecular flexibility index (Phi) is 3.71. The van der Waals surface area contributed by atoms with Gasteiger partial charge in [0.15, 0.2) is 0 Å². The number of anilines is 2. The molecule has 0 aliphatic heterocycles. The summed E-state index contributed by atoms with van der Waals surface area (Å²) in [5.74, 6) is 1.52. The lowest BCUT2D eigenvalue weighted by Gasteiger charge is -2.21. The first kappa shape index (κ1) is 14.7. The first-order valence-corrected chi connectivity index (χ1v) is 7.48. The van der Waals surface area contributed by atoms with Crippen LogP contribution < -0.4 is 10.1 Å². The molecule has 0 fully saturated rings. The zero-order valence-electron chi connectivity index (χ0n) is 12.8. The number of hydrogen-bond donors (Lipinski definition) is 2. The SMILES string of the molecule is CC(C)(C)Oc1ccc(Nc2nc3ccc(Cl)cc3[nH]2)cc1. The van der Waals surface area contributed by atoms with Crippen molar-refractivity contribution in [2.75, 3.05) is 5.32 Å². The molecule has 1 aromatic heterocycles. The summed E-state index contributed by atoms with van der Waals surface area (Å²) in [5.41, 5.74) is 2.51. The number of nitrogens with one attached hydrogen (secondary N) is 2. The third-order valence-corrected chi connectivity index (χ3v) is 3.22. The van der Waals surface area contributed by atoms with Crippen LogP contribution in [0.4, 0.5) is 11.6 Å². The Bertz CT molecular complexity index is 788. The van der Waals surface area contributed by atoms with Gasteiger partial charge >= 0.3 is 0 Å². The minimum Gasteiger partial charge on any atom is -0.488 e. The molecule has 3 rings (SSSR count). The van der Waals surface area contributed by atoms with Crippen LogP contribution in [0.25, 0.3) is 11.0 Å². The van der Waals surface area contributed by atoms with E-state index in [1.54, 1.807) is 0 Å². The highest BCUT2D eigenvalue weighted by Crippen LogP contribution is 2.24. The van der Waals surface area contributed by atoms with Crippen LogP contribution in [-0.2, 0) is 0 Å². The van der Waals surface area contributed by atoms with Gasteiger partial charge in [-0.2, -0.15) is 0 Å². The average Bonchev–Trinajstić information content (AvgIpc) is 2.80. The molecule has 22 heavy (non-hydrogen) atoms. The number of H-pyrrole nitrogens is 1. The van der Waals surface area contributed by atoms with Gasteiger partial charge < -0.3 is 15.0 Å². The van der Waals surface area contributed by atoms with Gasteiger partial charge in [-0.1, -0.05) is 11.6 Å². The molecule has 0 bridgehead atoms. The number of rotatable bonds is 3. The monoisotopic (exact) mass is 315 g/mol. The number of halogens is 1. The molecular formula is C17H18ClN3O. The van der Waals surface area contributed by atoms with E-state index >= 15 is 0 Å². The van der Waals surface area contributed by atoms with Gasteiger partial charge in [-0.15, -0.1) is 0 Å². The van der Waals surface area contributed by atoms with Gasteiger partial charge in [0.05, 0.1) is 11.0 Å². The number of ether oxygens (including phenoxy) is 1. The first-order valence-electron chi connectivity index (χ1n) is 7.10. The van der Waals surface area contributed by atoms with Crippen molar-refractivity contribution >= 4 is 34.3 Å². The Labute approximate surface area is 134 Å². The zero-order chi connectivity index (χ0) is 15.7. The topological polar surface area (TPSA) is 49.9 Å². The van der Waals surface area contributed by atoms with Crippen LogP contribution in [0.15, 0.2) is 42.5 Å². The fourth-order valence-corrected chi connectivity index (χ4v) is 2.31. The molecule has 2 aromatic carbocycles. The fourth-order valence-electron chi connectivity index (χ4n) is 2.14. The van der Waals surface area contributed by atoms with E-state index in [1.165, 1.54) is 0 Å². The maximum absolute atomic E-state index is 5.98. The normalized spacial score (nSPS) is 11.6. The highest BCUT2D eigenvalue weighted by atomic mass is 35.5. The minimum atomic E-state index is -0.201. The number of benzene rings is 2. The van der Waals surface area contributed by atoms with Crippen molar-refractivity contribution in [3.63, 3.8) is 0 Å². The molecule has 0 aliphatic rings. The van der Waals surface area contributed by atoms with Crippen molar-refractivity contribution in [3.8, 4) is 5.75 Å². The van der Waals surface area contributed by atoms with Crippen molar-refractivity contribution in [2.45, 2.75) is 26.4 Å². The molecule has 0 spiro atoms. The largest absolute Gasteiger partial charge is 0.488 e. The molecule has 4 nitrogen and oxygen atoms in total. The highest BCUT2D eigenvalue weighted by Gasteiger charge is 2.11. The van der Waals surface area contributed by atoms with Gasteiger partial charge in [0, 0.05) is 10.7 Å². The lowest BCUT2D eigenvalue weighted by atomic mass is 10.2. The molecule has 3 aromatic rings. The van der Waals surface area contributed by atoms with Crippen molar-refractivity contribution in [1.82, 2.24) is 9.97 Å². The van der Waals surface area contributed by atoms with Gasteiger partial charge in [0.2, 0.25) is 5.95 Å². The van der Waals surface area contributed by atoms with Gasteiger partial charge in [-0.3, -0.25) is 0 Å². The highest BCUT2D eigenvalue weighted by molar-refractivity contribution is 6.31. The number of aromatic amines is 1. The van der Waals surface area contributed by atoms with E-state index < -0.39 is 0 Å². The van der Waals surface area contributed by atoms with Crippen LogP contribution in [0.2, 0.25) is 5.02 Å². The van der Waals surface area contributed by atoms with Gasteiger partial charge in [0.25, 0.3) is 0 Å². The Morgan fingerprint density at radius 1 is 1.09 bits per heavy atom. The van der Waals surface area contributed by atoms with Crippen molar-refractivity contribution in [3.05, 3.63) is 47.5 Å². The van der Waals surface area contributed by atoms with Crippen molar-refractivity contribution in [2.24, 2.45) is 0 Å². The third kappa shape index (κ3) is 3.52. The van der Waals surface area contributed by atoms with Gasteiger partial charge in [0.1, 0.15) is 11.4 Å². The lowest BCUT2D eigenvalue weighted by molar-refractivity contribution is 0.131. The average molecular weight is 316 g/mol. The molecule has 0 amide bonds. The summed E-state index contributed by atoms with van der Waals surface area (Å²) in [6.45, 7) is 6.08. The summed E-state index contributed by atoms with van der Waals surface area (Å²) in [6, 6.07) is 13.4. The second-order valence-corrected chi connectivity index (χ2v) is 6.55. The van der Waals surface area contributed by atoms with E-state index in [0.717, 1.165) is 22.5 Å².